The van der Waals surface area contributed by atoms with Crippen LogP contribution >= 0.6 is 0 Å². The number of benzene rings is 1. The molecule has 1 aliphatic rings. The van der Waals surface area contributed by atoms with Gasteiger partial charge >= 0.3 is 0 Å². The Hall–Kier alpha value is -3.58. The van der Waals surface area contributed by atoms with E-state index in [1.54, 1.807) is 22.9 Å². The number of nitrogens with one attached hydrogen (secondary N) is 1. The van der Waals surface area contributed by atoms with Gasteiger partial charge in [0.15, 0.2) is 0 Å². The number of nitrogens with zero attached hydrogens (tertiary/aromatic N) is 3. The molecular weight excluding hydrogens is 414 g/mol. The van der Waals surface area contributed by atoms with Gasteiger partial charge in [-0.2, -0.15) is 0 Å². The highest BCUT2D eigenvalue weighted by Crippen LogP contribution is 2.33. The van der Waals surface area contributed by atoms with E-state index in [9.17, 15) is 9.59 Å². The molecule has 1 fully saturated rings. The predicted molar refractivity (Wildman–Crippen MR) is 129 cm³/mol. The summed E-state index contributed by atoms with van der Waals surface area (Å²) in [7, 11) is 1.89. The van der Waals surface area contributed by atoms with Crippen molar-refractivity contribution in [2.75, 3.05) is 7.05 Å². The van der Waals surface area contributed by atoms with Crippen molar-refractivity contribution >= 4 is 11.5 Å². The molecule has 1 aromatic carbocycles. The number of hydrogen-bond donors (Lipinski definition) is 2. The van der Waals surface area contributed by atoms with E-state index in [4.69, 9.17) is 5.73 Å². The third-order valence-electron chi connectivity index (χ3n) is 6.14. The van der Waals surface area contributed by atoms with E-state index in [-0.39, 0.29) is 23.1 Å². The van der Waals surface area contributed by atoms with Crippen LogP contribution in [0.25, 0.3) is 17.0 Å². The Balaban J connectivity index is 1.57. The largest absolute Gasteiger partial charge is 0.398 e. The quantitative estimate of drug-likeness (QED) is 0.427. The lowest BCUT2D eigenvalue weighted by Crippen LogP contribution is -2.22. The first-order valence-electron chi connectivity index (χ1n) is 11.2. The topological polar surface area (TPSA) is 103 Å². The normalized spacial score (nSPS) is 18.4. The molecule has 170 valence electrons. The van der Waals surface area contributed by atoms with Crippen molar-refractivity contribution < 1.29 is 4.79 Å². The van der Waals surface area contributed by atoms with E-state index in [1.807, 2.05) is 37.5 Å². The van der Waals surface area contributed by atoms with E-state index in [0.717, 1.165) is 42.5 Å². The van der Waals surface area contributed by atoms with Crippen LogP contribution < -0.4 is 16.6 Å². The van der Waals surface area contributed by atoms with Gasteiger partial charge in [0.25, 0.3) is 5.56 Å². The maximum absolute atomic E-state index is 12.8. The van der Waals surface area contributed by atoms with Crippen molar-refractivity contribution in [3.8, 4) is 11.3 Å². The van der Waals surface area contributed by atoms with Gasteiger partial charge in [-0.3, -0.25) is 14.6 Å². The molecule has 2 aromatic heterocycles. The van der Waals surface area contributed by atoms with Gasteiger partial charge in [-0.15, -0.1) is 0 Å². The molecule has 2 unspecified atom stereocenters. The number of carbonyl (C=O) groups excluding carboxylic acids is 1. The highest BCUT2D eigenvalue weighted by atomic mass is 16.1. The number of rotatable bonds is 7. The van der Waals surface area contributed by atoms with Gasteiger partial charge in [-0.25, -0.2) is 4.98 Å². The van der Waals surface area contributed by atoms with Gasteiger partial charge in [0, 0.05) is 42.2 Å². The molecule has 33 heavy (non-hydrogen) atoms. The lowest BCUT2D eigenvalue weighted by atomic mass is 10.1. The summed E-state index contributed by atoms with van der Waals surface area (Å²) in [6.45, 7) is 2.98. The zero-order chi connectivity index (χ0) is 23.4. The van der Waals surface area contributed by atoms with E-state index < -0.39 is 0 Å². The van der Waals surface area contributed by atoms with Crippen molar-refractivity contribution in [2.45, 2.75) is 38.8 Å². The second-order valence-electron chi connectivity index (χ2n) is 8.72. The maximum atomic E-state index is 12.8. The molecule has 1 saturated carbocycles. The molecule has 3 N–H and O–H groups in total. The molecule has 2 heterocycles. The first-order chi connectivity index (χ1) is 15.9. The summed E-state index contributed by atoms with van der Waals surface area (Å²) in [5.74, 6) is 0.294. The van der Waals surface area contributed by atoms with Crippen LogP contribution in [-0.4, -0.2) is 27.4 Å². The van der Waals surface area contributed by atoms with Gasteiger partial charge in [-0.1, -0.05) is 31.2 Å². The number of aromatic nitrogens is 3. The minimum Gasteiger partial charge on any atom is -0.398 e. The zero-order valence-corrected chi connectivity index (χ0v) is 19.0. The van der Waals surface area contributed by atoms with Crippen LogP contribution in [0.2, 0.25) is 0 Å². The van der Waals surface area contributed by atoms with Crippen LogP contribution in [0, 0.1) is 5.92 Å². The van der Waals surface area contributed by atoms with Crippen LogP contribution in [0.3, 0.4) is 0 Å². The number of carbonyl (C=O) groups is 1. The third kappa shape index (κ3) is 5.26. The summed E-state index contributed by atoms with van der Waals surface area (Å²) in [5, 5.41) is 3.10. The van der Waals surface area contributed by atoms with Crippen LogP contribution in [0.4, 0.5) is 0 Å². The first kappa shape index (κ1) is 22.6. The maximum Gasteiger partial charge on any atom is 0.250 e. The predicted octanol–water partition coefficient (Wildman–Crippen LogP) is 3.57. The lowest BCUT2D eigenvalue weighted by molar-refractivity contribution is 0.104. The fourth-order valence-electron chi connectivity index (χ4n) is 4.31. The molecule has 0 bridgehead atoms. The average Bonchev–Trinajstić information content (AvgIpc) is 3.26. The molecule has 0 saturated heterocycles. The molecule has 0 spiro atoms. The van der Waals surface area contributed by atoms with E-state index >= 15 is 0 Å². The molecule has 7 nitrogen and oxygen atoms in total. The van der Waals surface area contributed by atoms with Crippen molar-refractivity contribution in [3.05, 3.63) is 88.2 Å². The van der Waals surface area contributed by atoms with Crippen LogP contribution in [-0.2, 0) is 6.54 Å². The number of allylic oxidation sites excluding steroid dienone is 1. The summed E-state index contributed by atoms with van der Waals surface area (Å²) in [4.78, 5) is 34.0. The van der Waals surface area contributed by atoms with Gasteiger partial charge in [0.2, 0.25) is 5.78 Å². The van der Waals surface area contributed by atoms with Gasteiger partial charge in [0.1, 0.15) is 5.69 Å². The van der Waals surface area contributed by atoms with Gasteiger partial charge < -0.3 is 15.6 Å². The van der Waals surface area contributed by atoms with E-state index in [1.165, 1.54) is 12.3 Å². The second-order valence-corrected chi connectivity index (χ2v) is 8.72. The van der Waals surface area contributed by atoms with Crippen LogP contribution in [0.1, 0.15) is 53.8 Å². The summed E-state index contributed by atoms with van der Waals surface area (Å²) in [6.07, 6.45) is 9.35. The zero-order valence-electron chi connectivity index (χ0n) is 19.0. The molecular formula is C26H29N5O2. The van der Waals surface area contributed by atoms with E-state index in [2.05, 4.69) is 22.2 Å². The monoisotopic (exact) mass is 443 g/mol. The number of pyridine rings is 1. The summed E-state index contributed by atoms with van der Waals surface area (Å²) in [5.41, 5.74) is 9.92. The fourth-order valence-corrected chi connectivity index (χ4v) is 4.31. The molecule has 4 rings (SSSR count). The molecule has 7 heteroatoms. The molecule has 0 radical (unpaired) electrons. The Morgan fingerprint density at radius 2 is 1.97 bits per heavy atom. The van der Waals surface area contributed by atoms with Gasteiger partial charge in [0.05, 0.1) is 18.1 Å². The van der Waals surface area contributed by atoms with Gasteiger partial charge in [-0.05, 0) is 49.4 Å². The SMILES string of the molecule is CNCc1ccc(C(N)=CC(=O)c2cncc(-c3ccc(=O)n(C4CCC(C)C4)c3)n2)cc1. The average molecular weight is 444 g/mol. The first-order valence-corrected chi connectivity index (χ1v) is 11.2. The summed E-state index contributed by atoms with van der Waals surface area (Å²) >= 11 is 0. The molecule has 2 atom stereocenters. The Bertz CT molecular complexity index is 1230. The Kier molecular flexibility index (Phi) is 6.79. The molecule has 0 aliphatic heterocycles. The van der Waals surface area contributed by atoms with Crippen LogP contribution in [0.15, 0.2) is 65.9 Å². The van der Waals surface area contributed by atoms with Crippen molar-refractivity contribution in [1.29, 1.82) is 0 Å². The Labute approximate surface area is 193 Å². The van der Waals surface area contributed by atoms with Crippen molar-refractivity contribution in [3.63, 3.8) is 0 Å². The van der Waals surface area contributed by atoms with Crippen LogP contribution in [0.5, 0.6) is 0 Å². The highest BCUT2D eigenvalue weighted by Gasteiger charge is 2.23. The lowest BCUT2D eigenvalue weighted by Gasteiger charge is -2.15. The summed E-state index contributed by atoms with van der Waals surface area (Å²) in [6, 6.07) is 11.2. The highest BCUT2D eigenvalue weighted by molar-refractivity contribution is 6.07. The third-order valence-corrected chi connectivity index (χ3v) is 6.14. The van der Waals surface area contributed by atoms with E-state index in [0.29, 0.717) is 17.3 Å². The number of nitrogens with two attached hydrogens (primary N) is 1. The Morgan fingerprint density at radius 1 is 1.18 bits per heavy atom. The Morgan fingerprint density at radius 3 is 2.67 bits per heavy atom. The molecule has 1 aliphatic carbocycles. The minimum atomic E-state index is -0.320. The number of ketones is 1. The fraction of sp³-hybridized carbons (Fsp3) is 0.308. The number of hydrogen-bond acceptors (Lipinski definition) is 6. The molecule has 0 amide bonds. The minimum absolute atomic E-state index is 0.0190. The molecule has 3 aromatic rings. The second kappa shape index (κ2) is 9.92. The standard InChI is InChI=1S/C26H29N5O2/c1-17-3-9-21(11-17)31-16-20(8-10-26(31)33)23-14-29-15-24(30-23)25(32)12-22(27)19-6-4-18(5-7-19)13-28-2/h4-8,10,12,14-17,21,28H,3,9,11,13,27H2,1-2H3. The van der Waals surface area contributed by atoms with Crippen molar-refractivity contribution in [2.24, 2.45) is 11.7 Å². The smallest absolute Gasteiger partial charge is 0.250 e. The van der Waals surface area contributed by atoms with Crippen molar-refractivity contribution in [1.82, 2.24) is 19.9 Å². The summed E-state index contributed by atoms with van der Waals surface area (Å²) < 4.78 is 1.80.